The zero-order chi connectivity index (χ0) is 16.1. The molecule has 0 radical (unpaired) electrons. The van der Waals surface area contributed by atoms with Gasteiger partial charge in [0.25, 0.3) is 0 Å². The zero-order valence-corrected chi connectivity index (χ0v) is 13.0. The van der Waals surface area contributed by atoms with Gasteiger partial charge in [-0.2, -0.15) is 9.67 Å². The number of nitrogens with one attached hydrogen (secondary N) is 2. The second-order valence-electron chi connectivity index (χ2n) is 5.22. The third-order valence-electron chi connectivity index (χ3n) is 3.11. The fraction of sp³-hybridized carbons (Fsp3) is 0.357. The van der Waals surface area contributed by atoms with Crippen molar-refractivity contribution >= 4 is 12.0 Å². The second-order valence-corrected chi connectivity index (χ2v) is 5.22. The average Bonchev–Trinajstić information content (AvgIpc) is 3.22. The van der Waals surface area contributed by atoms with Gasteiger partial charge in [0.05, 0.1) is 5.69 Å². The van der Waals surface area contributed by atoms with Crippen LogP contribution in [0.2, 0.25) is 0 Å². The Bertz CT molecular complexity index is 736. The lowest BCUT2D eigenvalue weighted by Gasteiger charge is -2.06. The number of hydrogen-bond acceptors (Lipinski definition) is 8. The molecule has 120 valence electrons. The minimum absolute atomic E-state index is 0.239. The quantitative estimate of drug-likeness (QED) is 0.635. The Morgan fingerprint density at radius 1 is 1.13 bits per heavy atom. The topological polar surface area (TPSA) is 107 Å². The first kappa shape index (κ1) is 14.9. The number of anilines is 2. The molecule has 1 aromatic carbocycles. The SMILES string of the molecule is CC(C)c1noc(NCCNc2nnnn2-c2ccccc2)n1. The Balaban J connectivity index is 1.52. The van der Waals surface area contributed by atoms with E-state index in [-0.39, 0.29) is 5.92 Å². The number of para-hydroxylation sites is 1. The molecule has 9 nitrogen and oxygen atoms in total. The van der Waals surface area contributed by atoms with Gasteiger partial charge in [-0.05, 0) is 22.6 Å². The summed E-state index contributed by atoms with van der Waals surface area (Å²) in [6, 6.07) is 10.1. The van der Waals surface area contributed by atoms with E-state index >= 15 is 0 Å². The number of benzene rings is 1. The van der Waals surface area contributed by atoms with E-state index < -0.39 is 0 Å². The minimum Gasteiger partial charge on any atom is -0.351 e. The average molecular weight is 314 g/mol. The van der Waals surface area contributed by atoms with Crippen molar-refractivity contribution in [3.8, 4) is 5.69 Å². The molecule has 0 saturated carbocycles. The summed E-state index contributed by atoms with van der Waals surface area (Å²) in [4.78, 5) is 4.25. The number of aromatic nitrogens is 6. The number of tetrazole rings is 1. The van der Waals surface area contributed by atoms with Crippen LogP contribution >= 0.6 is 0 Å². The number of rotatable bonds is 7. The van der Waals surface area contributed by atoms with Crippen molar-refractivity contribution < 1.29 is 4.52 Å². The Kier molecular flexibility index (Phi) is 4.46. The van der Waals surface area contributed by atoms with Gasteiger partial charge in [-0.25, -0.2) is 0 Å². The molecule has 3 rings (SSSR count). The van der Waals surface area contributed by atoms with Crippen molar-refractivity contribution in [1.82, 2.24) is 30.3 Å². The fourth-order valence-electron chi connectivity index (χ4n) is 1.93. The van der Waals surface area contributed by atoms with Crippen molar-refractivity contribution in [3.63, 3.8) is 0 Å². The van der Waals surface area contributed by atoms with Crippen LogP contribution < -0.4 is 10.6 Å². The van der Waals surface area contributed by atoms with Gasteiger partial charge >= 0.3 is 6.01 Å². The molecular weight excluding hydrogens is 296 g/mol. The first-order valence-electron chi connectivity index (χ1n) is 7.39. The molecule has 23 heavy (non-hydrogen) atoms. The summed E-state index contributed by atoms with van der Waals surface area (Å²) in [7, 11) is 0. The Morgan fingerprint density at radius 2 is 1.91 bits per heavy atom. The molecule has 0 bridgehead atoms. The van der Waals surface area contributed by atoms with Gasteiger partial charge in [-0.15, -0.1) is 0 Å². The standard InChI is InChI=1S/C14H18N8O/c1-10(2)12-17-14(23-19-12)16-9-8-15-13-18-20-21-22(13)11-6-4-3-5-7-11/h3-7,10H,8-9H2,1-2H3,(H,15,18,21)(H,16,17,19). The Hall–Kier alpha value is -2.97. The second kappa shape index (κ2) is 6.86. The van der Waals surface area contributed by atoms with Gasteiger partial charge < -0.3 is 15.2 Å². The highest BCUT2D eigenvalue weighted by Crippen LogP contribution is 2.12. The van der Waals surface area contributed by atoms with Crippen LogP contribution in [0.5, 0.6) is 0 Å². The van der Waals surface area contributed by atoms with Crippen molar-refractivity contribution in [1.29, 1.82) is 0 Å². The molecule has 0 fully saturated rings. The van der Waals surface area contributed by atoms with Gasteiger partial charge in [0.1, 0.15) is 0 Å². The van der Waals surface area contributed by atoms with Crippen LogP contribution in [0, 0.1) is 0 Å². The maximum atomic E-state index is 5.11. The molecule has 3 aromatic rings. The van der Waals surface area contributed by atoms with E-state index in [0.29, 0.717) is 30.9 Å². The van der Waals surface area contributed by atoms with Crippen LogP contribution in [-0.2, 0) is 0 Å². The lowest BCUT2D eigenvalue weighted by molar-refractivity contribution is 0.419. The van der Waals surface area contributed by atoms with Crippen LogP contribution in [0.1, 0.15) is 25.6 Å². The minimum atomic E-state index is 0.239. The first-order valence-corrected chi connectivity index (χ1v) is 7.39. The van der Waals surface area contributed by atoms with E-state index in [9.17, 15) is 0 Å². The molecule has 0 spiro atoms. The Labute approximate surface area is 133 Å². The largest absolute Gasteiger partial charge is 0.351 e. The lowest BCUT2D eigenvalue weighted by atomic mass is 10.2. The molecule has 0 atom stereocenters. The van der Waals surface area contributed by atoms with E-state index in [1.807, 2.05) is 44.2 Å². The van der Waals surface area contributed by atoms with Gasteiger partial charge in [0, 0.05) is 19.0 Å². The lowest BCUT2D eigenvalue weighted by Crippen LogP contribution is -2.16. The maximum absolute atomic E-state index is 5.11. The molecule has 0 aliphatic heterocycles. The summed E-state index contributed by atoms with van der Waals surface area (Å²) in [6.45, 7) is 5.23. The van der Waals surface area contributed by atoms with Crippen LogP contribution in [-0.4, -0.2) is 43.4 Å². The molecule has 0 saturated heterocycles. The van der Waals surface area contributed by atoms with Crippen molar-refractivity contribution in [2.24, 2.45) is 0 Å². The predicted molar refractivity (Wildman–Crippen MR) is 84.5 cm³/mol. The molecule has 2 heterocycles. The fourth-order valence-corrected chi connectivity index (χ4v) is 1.93. The van der Waals surface area contributed by atoms with E-state index in [4.69, 9.17) is 4.52 Å². The van der Waals surface area contributed by atoms with Gasteiger partial charge in [-0.3, -0.25) is 0 Å². The molecular formula is C14H18N8O. The summed E-state index contributed by atoms with van der Waals surface area (Å²) in [6.07, 6.45) is 0. The molecule has 0 aliphatic carbocycles. The van der Waals surface area contributed by atoms with Crippen LogP contribution in [0.4, 0.5) is 12.0 Å². The van der Waals surface area contributed by atoms with Crippen LogP contribution in [0.15, 0.2) is 34.9 Å². The summed E-state index contributed by atoms with van der Waals surface area (Å²) in [5.74, 6) is 1.50. The maximum Gasteiger partial charge on any atom is 0.321 e. The van der Waals surface area contributed by atoms with E-state index in [1.54, 1.807) is 4.68 Å². The van der Waals surface area contributed by atoms with E-state index in [2.05, 4.69) is 36.3 Å². The van der Waals surface area contributed by atoms with Crippen LogP contribution in [0.3, 0.4) is 0 Å². The molecule has 2 aromatic heterocycles. The molecule has 2 N–H and O–H groups in total. The molecule has 0 amide bonds. The summed E-state index contributed by atoms with van der Waals surface area (Å²) >= 11 is 0. The van der Waals surface area contributed by atoms with Gasteiger partial charge in [0.2, 0.25) is 5.95 Å². The predicted octanol–water partition coefficient (Wildman–Crippen LogP) is 1.69. The van der Waals surface area contributed by atoms with E-state index in [1.165, 1.54) is 0 Å². The van der Waals surface area contributed by atoms with E-state index in [0.717, 1.165) is 5.69 Å². The third kappa shape index (κ3) is 3.62. The monoisotopic (exact) mass is 314 g/mol. The molecule has 0 unspecified atom stereocenters. The van der Waals surface area contributed by atoms with Crippen LogP contribution in [0.25, 0.3) is 5.69 Å². The van der Waals surface area contributed by atoms with Crippen molar-refractivity contribution in [2.75, 3.05) is 23.7 Å². The van der Waals surface area contributed by atoms with Crippen molar-refractivity contribution in [2.45, 2.75) is 19.8 Å². The molecule has 9 heteroatoms. The van der Waals surface area contributed by atoms with Gasteiger partial charge in [-0.1, -0.05) is 42.3 Å². The van der Waals surface area contributed by atoms with Crippen molar-refractivity contribution in [3.05, 3.63) is 36.2 Å². The zero-order valence-electron chi connectivity index (χ0n) is 13.0. The number of hydrogen-bond donors (Lipinski definition) is 2. The third-order valence-corrected chi connectivity index (χ3v) is 3.11. The summed E-state index contributed by atoms with van der Waals surface area (Å²) in [5, 5.41) is 21.8. The highest BCUT2D eigenvalue weighted by molar-refractivity contribution is 5.38. The smallest absolute Gasteiger partial charge is 0.321 e. The first-order chi connectivity index (χ1) is 11.2. The number of nitrogens with zero attached hydrogens (tertiary/aromatic N) is 6. The highest BCUT2D eigenvalue weighted by Gasteiger charge is 2.09. The molecule has 0 aliphatic rings. The Morgan fingerprint density at radius 3 is 2.65 bits per heavy atom. The summed E-state index contributed by atoms with van der Waals surface area (Å²) < 4.78 is 6.75. The normalized spacial score (nSPS) is 10.9. The van der Waals surface area contributed by atoms with Gasteiger partial charge in [0.15, 0.2) is 5.82 Å². The summed E-state index contributed by atoms with van der Waals surface area (Å²) in [5.41, 5.74) is 0.895. The highest BCUT2D eigenvalue weighted by atomic mass is 16.5.